The van der Waals surface area contributed by atoms with Gasteiger partial charge in [-0.3, -0.25) is 0 Å². The van der Waals surface area contributed by atoms with Crippen LogP contribution < -0.4 is 0 Å². The Morgan fingerprint density at radius 2 is 0.493 bits per heavy atom. The molecule has 4 aliphatic heterocycles. The van der Waals surface area contributed by atoms with Crippen molar-refractivity contribution >= 4 is 395 Å². The van der Waals surface area contributed by atoms with E-state index in [0.717, 1.165) is 0 Å². The van der Waals surface area contributed by atoms with Crippen molar-refractivity contribution in [3.63, 3.8) is 0 Å². The monoisotopic (exact) mass is 1740 g/mol. The minimum absolute atomic E-state index is 0.0229. The maximum absolute atomic E-state index is 7.47. The van der Waals surface area contributed by atoms with Gasteiger partial charge in [0.15, 0.2) is 0 Å². The molecular formula is C16H36Cl24O12Si17. The summed E-state index contributed by atoms with van der Waals surface area (Å²) in [5.41, 5.74) is 0. The second-order valence-electron chi connectivity index (χ2n) is 15.5. The van der Waals surface area contributed by atoms with Crippen LogP contribution in [0.15, 0.2) is 0 Å². The quantitative estimate of drug-likeness (QED) is 0.0641. The molecule has 4 aliphatic rings. The Kier molecular flexibility index (Phi) is 28.1. The standard InChI is InChI=1S/C16H36Cl24O12Si17/c17-55(18,19)2-1-54-42-64(11-4-57(23,24)25)46-66(13-6-59(29,30)31)44-63(41-53,10-3-56(20,21)22)45-67(14-7-60(32,33)34)47-65(43-54,12-5-58(26,27)28)49-68(48-64,15-8-61(35,36)37)52-69(50-66,51-67)16-9-62(38,39)40/h54H,1-16H2,53H3. The Balaban J connectivity index is 2.33. The molecule has 0 aliphatic carbocycles. The zero-order chi connectivity index (χ0) is 52.9. The van der Waals surface area contributed by atoms with Crippen LogP contribution in [-0.2, 0) is 49.4 Å². The van der Waals surface area contributed by atoms with Crippen molar-refractivity contribution in [1.82, 2.24) is 0 Å². The Bertz CT molecular complexity index is 1650. The molecule has 0 spiro atoms. The summed E-state index contributed by atoms with van der Waals surface area (Å²) in [5.74, 6) is 0. The summed E-state index contributed by atoms with van der Waals surface area (Å²) in [6, 6.07) is -32.3. The molecule has 0 radical (unpaired) electrons. The van der Waals surface area contributed by atoms with E-state index in [9.17, 15) is 0 Å². The predicted octanol–water partition coefficient (Wildman–Crippen LogP) is 15.6. The van der Waals surface area contributed by atoms with E-state index in [1.807, 2.05) is 0 Å². The Hall–Kier alpha value is 10.2. The number of halogens is 24. The number of fused-ring (bicyclic) bond motifs is 4. The first-order valence-corrected chi connectivity index (χ1v) is 77.5. The van der Waals surface area contributed by atoms with Crippen LogP contribution in [0.25, 0.3) is 0 Å². The van der Waals surface area contributed by atoms with Crippen LogP contribution in [0.4, 0.5) is 0 Å². The van der Waals surface area contributed by atoms with E-state index in [2.05, 4.69) is 0 Å². The first-order chi connectivity index (χ1) is 30.7. The van der Waals surface area contributed by atoms with Gasteiger partial charge in [-0.05, 0) is 54.4 Å². The highest BCUT2D eigenvalue weighted by Crippen LogP contribution is 2.55. The molecular weight excluding hydrogens is 1710 g/mol. The molecule has 4 unspecified atom stereocenters. The third-order valence-corrected chi connectivity index (χ3v) is 70.3. The highest BCUT2D eigenvalue weighted by Gasteiger charge is 2.79. The first-order valence-electron chi connectivity index (χ1n) is 19.4. The molecule has 4 rings (SSSR count). The lowest BCUT2D eigenvalue weighted by Crippen LogP contribution is -2.84. The molecule has 4 saturated heterocycles. The van der Waals surface area contributed by atoms with Crippen molar-refractivity contribution in [2.75, 3.05) is 0 Å². The van der Waals surface area contributed by atoms with E-state index in [1.165, 1.54) is 0 Å². The van der Waals surface area contributed by atoms with Crippen LogP contribution in [0, 0.1) is 0 Å². The normalized spacial score (nSPS) is 34.5. The number of hydrogen-bond donors (Lipinski definition) is 0. The Labute approximate surface area is 533 Å². The summed E-state index contributed by atoms with van der Waals surface area (Å²) in [6.07, 6.45) is 0. The summed E-state index contributed by atoms with van der Waals surface area (Å²) < 4.78 is 87.9. The molecule has 4 heterocycles. The zero-order valence-electron chi connectivity index (χ0n) is 34.4. The van der Waals surface area contributed by atoms with Crippen LogP contribution >= 0.6 is 266 Å². The molecule has 0 N–H and O–H groups in total. The molecule has 4 fully saturated rings. The molecule has 6 bridgehead atoms. The maximum atomic E-state index is 7.47. The van der Waals surface area contributed by atoms with Gasteiger partial charge in [0.2, 0.25) is 0 Å². The van der Waals surface area contributed by atoms with Gasteiger partial charge in [0.25, 0.3) is 0 Å². The van der Waals surface area contributed by atoms with Crippen molar-refractivity contribution in [3.05, 3.63) is 0 Å². The van der Waals surface area contributed by atoms with Crippen molar-refractivity contribution in [1.29, 1.82) is 0 Å². The third kappa shape index (κ3) is 26.0. The van der Waals surface area contributed by atoms with Crippen molar-refractivity contribution < 1.29 is 49.4 Å². The molecule has 0 aromatic heterocycles. The minimum atomic E-state index is -4.91. The van der Waals surface area contributed by atoms with Crippen LogP contribution in [0.1, 0.15) is 0 Å². The summed E-state index contributed by atoms with van der Waals surface area (Å²) in [5, 5.41) is 0. The predicted molar refractivity (Wildman–Crippen MR) is 334 cm³/mol. The SMILES string of the molecule is [SiH3]O[Si]1(CC[Si](Cl)(Cl)Cl)O[Si]2(CC[Si](Cl)(Cl)Cl)O[Si]3(CC[Si](Cl)(Cl)Cl)O[SiH](CC[Si](Cl)(Cl)Cl)O[Si]4(CC[Si](Cl)(Cl)Cl)O[Si](CC[Si](Cl)(Cl)Cl)(O1)O[Si](CC[Si](Cl)(Cl)Cl)(O2)O[Si](CC[Si](Cl)(Cl)Cl)(O3)O4. The second kappa shape index (κ2) is 27.1. The summed E-state index contributed by atoms with van der Waals surface area (Å²) in [4.78, 5) is 0. The fourth-order valence-electron chi connectivity index (χ4n) is 6.65. The van der Waals surface area contributed by atoms with Gasteiger partial charge < -0.3 is 49.4 Å². The average Bonchev–Trinajstić information content (AvgIpc) is 3.10. The van der Waals surface area contributed by atoms with E-state index in [0.29, 0.717) is 0 Å². The maximum Gasteiger partial charge on any atom is 0.478 e. The first kappa shape index (κ1) is 71.6. The van der Waals surface area contributed by atoms with Crippen LogP contribution in [0.2, 0.25) is 96.7 Å². The van der Waals surface area contributed by atoms with E-state index >= 15 is 0 Å². The van der Waals surface area contributed by atoms with Crippen LogP contribution in [-0.4, -0.2) is 129 Å². The molecule has 12 nitrogen and oxygen atoms in total. The Morgan fingerprint density at radius 1 is 0.290 bits per heavy atom. The summed E-state index contributed by atoms with van der Waals surface area (Å²) in [7, 11) is -37.4. The van der Waals surface area contributed by atoms with E-state index in [-0.39, 0.29) is 107 Å². The van der Waals surface area contributed by atoms with Crippen molar-refractivity contribution in [3.8, 4) is 0 Å². The summed E-state index contributed by atoms with van der Waals surface area (Å²) >= 11 is 159. The molecule has 53 heteroatoms. The van der Waals surface area contributed by atoms with E-state index in [4.69, 9.17) is 315 Å². The van der Waals surface area contributed by atoms with Gasteiger partial charge in [0.05, 0.1) is 0 Å². The molecule has 0 saturated carbocycles. The van der Waals surface area contributed by atoms with Gasteiger partial charge >= 0.3 is 119 Å². The van der Waals surface area contributed by atoms with E-state index in [1.54, 1.807) is 0 Å². The zero-order valence-corrected chi connectivity index (χ0v) is 70.7. The van der Waals surface area contributed by atoms with Gasteiger partial charge in [-0.2, -0.15) is 0 Å². The van der Waals surface area contributed by atoms with Gasteiger partial charge in [0.1, 0.15) is 10.5 Å². The molecule has 408 valence electrons. The Morgan fingerprint density at radius 3 is 0.725 bits per heavy atom. The molecule has 0 aromatic carbocycles. The fourth-order valence-corrected chi connectivity index (χ4v) is 90.0. The summed E-state index contributed by atoms with van der Waals surface area (Å²) in [6.45, 7) is 0. The lowest BCUT2D eigenvalue weighted by atomic mass is 11.0. The smallest absolute Gasteiger partial charge is 0.425 e. The van der Waals surface area contributed by atoms with Gasteiger partial charge in [-0.15, -0.1) is 266 Å². The topological polar surface area (TPSA) is 111 Å². The van der Waals surface area contributed by atoms with Gasteiger partial charge in [-0.1, -0.05) is 0 Å². The number of hydrogen-bond acceptors (Lipinski definition) is 12. The number of rotatable bonds is 25. The fraction of sp³-hybridized carbons (Fsp3) is 1.00. The van der Waals surface area contributed by atoms with E-state index < -0.39 is 119 Å². The lowest BCUT2D eigenvalue weighted by Gasteiger charge is -2.60. The van der Waals surface area contributed by atoms with Crippen LogP contribution in [0.3, 0.4) is 0 Å². The minimum Gasteiger partial charge on any atom is -0.425 e. The van der Waals surface area contributed by atoms with Gasteiger partial charge in [-0.25, -0.2) is 0 Å². The van der Waals surface area contributed by atoms with Crippen molar-refractivity contribution in [2.24, 2.45) is 0 Å². The lowest BCUT2D eigenvalue weighted by molar-refractivity contribution is 0.00424. The molecule has 4 atom stereocenters. The molecule has 0 aromatic rings. The third-order valence-electron chi connectivity index (χ3n) is 9.40. The molecule has 0 amide bonds. The highest BCUT2D eigenvalue weighted by molar-refractivity contribution is 7.68. The molecule has 69 heavy (non-hydrogen) atoms. The highest BCUT2D eigenvalue weighted by atomic mass is 35.9. The van der Waals surface area contributed by atoms with Crippen LogP contribution in [0.5, 0.6) is 0 Å². The average molecular weight is 1750 g/mol. The van der Waals surface area contributed by atoms with Crippen molar-refractivity contribution in [2.45, 2.75) is 96.7 Å². The van der Waals surface area contributed by atoms with Gasteiger partial charge in [0, 0.05) is 42.3 Å². The second-order valence-corrected chi connectivity index (χ2v) is 115. The largest absolute Gasteiger partial charge is 0.478 e.